The second-order valence-corrected chi connectivity index (χ2v) is 6.25. The zero-order valence-electron chi connectivity index (χ0n) is 13.9. The van der Waals surface area contributed by atoms with Gasteiger partial charge in [0.1, 0.15) is 5.82 Å². The van der Waals surface area contributed by atoms with Crippen molar-refractivity contribution in [1.29, 1.82) is 0 Å². The molecule has 0 bridgehead atoms. The van der Waals surface area contributed by atoms with Crippen molar-refractivity contribution in [3.05, 3.63) is 70.8 Å². The van der Waals surface area contributed by atoms with Gasteiger partial charge in [-0.3, -0.25) is 4.79 Å². The fraction of sp³-hybridized carbons (Fsp3) is 0.263. The summed E-state index contributed by atoms with van der Waals surface area (Å²) in [5.41, 5.74) is 6.23. The van der Waals surface area contributed by atoms with Crippen LogP contribution in [0.25, 0.3) is 4.85 Å². The monoisotopic (exact) mass is 326 g/mol. The number of halogens is 1. The Hall–Kier alpha value is -2.71. The number of carbonyl (C=O) groups is 1. The number of nitrogens with zero attached hydrogens (tertiary/aromatic N) is 1. The topological polar surface area (TPSA) is 61.1 Å². The molecular formula is C19H21FN3O+. The first kappa shape index (κ1) is 17.6. The second kappa shape index (κ2) is 7.24. The van der Waals surface area contributed by atoms with E-state index < -0.39 is 5.54 Å². The summed E-state index contributed by atoms with van der Waals surface area (Å²) in [5.74, 6) is -0.452. The minimum atomic E-state index is -0.805. The van der Waals surface area contributed by atoms with E-state index in [2.05, 4.69) is 15.9 Å². The van der Waals surface area contributed by atoms with Crippen LogP contribution in [0, 0.1) is 19.3 Å². The average Bonchev–Trinajstić information content (AvgIpc) is 2.54. The van der Waals surface area contributed by atoms with E-state index in [0.29, 0.717) is 24.2 Å². The predicted octanol–water partition coefficient (Wildman–Crippen LogP) is 3.26. The van der Waals surface area contributed by atoms with Crippen molar-refractivity contribution < 1.29 is 14.9 Å². The highest BCUT2D eigenvalue weighted by atomic mass is 19.1. The third-order valence-corrected chi connectivity index (χ3v) is 4.00. The van der Waals surface area contributed by atoms with Crippen LogP contribution in [0.15, 0.2) is 42.5 Å². The highest BCUT2D eigenvalue weighted by Crippen LogP contribution is 2.23. The van der Waals surface area contributed by atoms with Crippen molar-refractivity contribution in [2.24, 2.45) is 0 Å². The third-order valence-electron chi connectivity index (χ3n) is 4.00. The summed E-state index contributed by atoms with van der Waals surface area (Å²) in [5, 5.41) is 2.86. The summed E-state index contributed by atoms with van der Waals surface area (Å²) < 4.78 is 12.9. The molecule has 0 saturated heterocycles. The van der Waals surface area contributed by atoms with Gasteiger partial charge in [-0.15, -0.1) is 0 Å². The molecule has 2 rings (SSSR count). The minimum Gasteiger partial charge on any atom is -0.345 e. The van der Waals surface area contributed by atoms with Gasteiger partial charge in [-0.05, 0) is 55.7 Å². The van der Waals surface area contributed by atoms with Gasteiger partial charge in [0.15, 0.2) is 11.2 Å². The molecule has 1 atom stereocenters. The van der Waals surface area contributed by atoms with Crippen LogP contribution in [-0.4, -0.2) is 11.4 Å². The van der Waals surface area contributed by atoms with Gasteiger partial charge in [-0.25, -0.2) is 9.24 Å². The van der Waals surface area contributed by atoms with Crippen molar-refractivity contribution in [3.8, 4) is 0 Å². The van der Waals surface area contributed by atoms with E-state index in [1.165, 1.54) is 12.1 Å². The Morgan fingerprint density at radius 2 is 1.96 bits per heavy atom. The van der Waals surface area contributed by atoms with Crippen LogP contribution in [0.2, 0.25) is 0 Å². The molecule has 0 spiro atoms. The van der Waals surface area contributed by atoms with E-state index >= 15 is 0 Å². The van der Waals surface area contributed by atoms with Gasteiger partial charge in [0.05, 0.1) is 6.57 Å². The first-order valence-electron chi connectivity index (χ1n) is 7.71. The van der Waals surface area contributed by atoms with Gasteiger partial charge < -0.3 is 11.1 Å². The summed E-state index contributed by atoms with van der Waals surface area (Å²) in [6.45, 7) is 10.7. The molecule has 5 heteroatoms. The molecule has 2 aromatic rings. The Balaban J connectivity index is 2.00. The van der Waals surface area contributed by atoms with E-state index in [1.54, 1.807) is 37.3 Å². The highest BCUT2D eigenvalue weighted by Gasteiger charge is 2.32. The van der Waals surface area contributed by atoms with Crippen LogP contribution in [0.3, 0.4) is 0 Å². The molecule has 4 N–H and O–H groups in total. The Bertz CT molecular complexity index is 776. The van der Waals surface area contributed by atoms with Gasteiger partial charge in [-0.1, -0.05) is 18.2 Å². The maximum atomic E-state index is 12.9. The Morgan fingerprint density at radius 1 is 1.29 bits per heavy atom. The first-order valence-corrected chi connectivity index (χ1v) is 7.71. The molecule has 0 fully saturated rings. The highest BCUT2D eigenvalue weighted by molar-refractivity contribution is 5.96. The van der Waals surface area contributed by atoms with Crippen LogP contribution in [0.1, 0.15) is 24.5 Å². The number of nitrogens with one attached hydrogen (secondary N) is 1. The molecule has 24 heavy (non-hydrogen) atoms. The number of anilines is 1. The number of benzene rings is 2. The summed E-state index contributed by atoms with van der Waals surface area (Å²) in [4.78, 5) is 15.9. The normalized spacial score (nSPS) is 13.0. The van der Waals surface area contributed by atoms with Crippen LogP contribution in [-0.2, 0) is 11.2 Å². The maximum Gasteiger partial charge on any atom is 0.285 e. The smallest absolute Gasteiger partial charge is 0.285 e. The summed E-state index contributed by atoms with van der Waals surface area (Å²) in [6, 6.07) is 11.5. The number of aryl methyl sites for hydroxylation is 2. The number of carbonyl (C=O) groups excluding carboxylic acids is 1. The summed E-state index contributed by atoms with van der Waals surface area (Å²) >= 11 is 0. The molecule has 0 aliphatic rings. The second-order valence-electron chi connectivity index (χ2n) is 6.25. The van der Waals surface area contributed by atoms with Crippen molar-refractivity contribution in [1.82, 2.24) is 0 Å². The SMILES string of the molecule is [C-]#[N+]c1ccc(NC(=O)[C@@](C)([NH3+])CCc2ccc(F)cc2)cc1C. The van der Waals surface area contributed by atoms with Crippen molar-refractivity contribution >= 4 is 17.3 Å². The fourth-order valence-corrected chi connectivity index (χ4v) is 2.33. The van der Waals surface area contributed by atoms with E-state index in [0.717, 1.165) is 11.1 Å². The molecule has 0 radical (unpaired) electrons. The average molecular weight is 326 g/mol. The fourth-order valence-electron chi connectivity index (χ4n) is 2.33. The number of hydrogen-bond acceptors (Lipinski definition) is 1. The Labute approximate surface area is 141 Å². The van der Waals surface area contributed by atoms with Gasteiger partial charge in [0.2, 0.25) is 0 Å². The molecule has 0 heterocycles. The van der Waals surface area contributed by atoms with E-state index in [-0.39, 0.29) is 11.7 Å². The molecule has 2 aromatic carbocycles. The maximum absolute atomic E-state index is 12.9. The zero-order chi connectivity index (χ0) is 17.7. The molecule has 0 aromatic heterocycles. The summed E-state index contributed by atoms with van der Waals surface area (Å²) in [6.07, 6.45) is 1.19. The number of hydrogen-bond donors (Lipinski definition) is 2. The summed E-state index contributed by atoms with van der Waals surface area (Å²) in [7, 11) is 0. The molecule has 0 unspecified atom stereocenters. The predicted molar refractivity (Wildman–Crippen MR) is 92.1 cm³/mol. The van der Waals surface area contributed by atoms with Gasteiger partial charge >= 0.3 is 0 Å². The number of amides is 1. The third kappa shape index (κ3) is 4.40. The largest absolute Gasteiger partial charge is 0.345 e. The lowest BCUT2D eigenvalue weighted by Gasteiger charge is -2.20. The van der Waals surface area contributed by atoms with Crippen LogP contribution >= 0.6 is 0 Å². The quantitative estimate of drug-likeness (QED) is 0.814. The lowest BCUT2D eigenvalue weighted by Crippen LogP contribution is -2.76. The molecule has 0 aliphatic carbocycles. The standard InChI is InChI=1S/C19H20FN3O/c1-13-12-16(8-9-17(13)22-3)23-18(24)19(2,21)11-10-14-4-6-15(20)7-5-14/h4-9,12H,10-11,21H2,1-2H3,(H,23,24)/p+1/t19-/m0/s1. The molecule has 4 nitrogen and oxygen atoms in total. The van der Waals surface area contributed by atoms with E-state index in [9.17, 15) is 9.18 Å². The van der Waals surface area contributed by atoms with E-state index in [4.69, 9.17) is 6.57 Å². The van der Waals surface area contributed by atoms with Gasteiger partial charge in [-0.2, -0.15) is 0 Å². The number of quaternary nitrogens is 1. The molecule has 0 saturated carbocycles. The van der Waals surface area contributed by atoms with Crippen LogP contribution in [0.4, 0.5) is 15.8 Å². The van der Waals surface area contributed by atoms with Crippen molar-refractivity contribution in [3.63, 3.8) is 0 Å². The van der Waals surface area contributed by atoms with Crippen molar-refractivity contribution in [2.45, 2.75) is 32.2 Å². The van der Waals surface area contributed by atoms with Crippen LogP contribution < -0.4 is 11.1 Å². The Kier molecular flexibility index (Phi) is 5.32. The molecule has 124 valence electrons. The number of rotatable bonds is 5. The van der Waals surface area contributed by atoms with Gasteiger partial charge in [0, 0.05) is 12.1 Å². The Morgan fingerprint density at radius 3 is 2.54 bits per heavy atom. The zero-order valence-corrected chi connectivity index (χ0v) is 13.9. The van der Waals surface area contributed by atoms with Gasteiger partial charge in [0.25, 0.3) is 5.91 Å². The molecular weight excluding hydrogens is 305 g/mol. The first-order chi connectivity index (χ1) is 11.3. The molecule has 0 aliphatic heterocycles. The van der Waals surface area contributed by atoms with E-state index in [1.807, 2.05) is 6.92 Å². The lowest BCUT2D eigenvalue weighted by atomic mass is 9.93. The van der Waals surface area contributed by atoms with Crippen LogP contribution in [0.5, 0.6) is 0 Å². The van der Waals surface area contributed by atoms with Crippen molar-refractivity contribution in [2.75, 3.05) is 5.32 Å². The molecule has 1 amide bonds. The lowest BCUT2D eigenvalue weighted by molar-refractivity contribution is -0.452. The minimum absolute atomic E-state index is 0.181.